The summed E-state index contributed by atoms with van der Waals surface area (Å²) in [6.07, 6.45) is 3.83. The van der Waals surface area contributed by atoms with Crippen molar-refractivity contribution >= 4 is 132 Å². The van der Waals surface area contributed by atoms with Crippen LogP contribution in [0.5, 0.6) is 0 Å². The molecule has 2 aromatic carbocycles. The molecule has 6 N–H and O–H groups in total. The molecule has 1 atom stereocenters. The molecule has 3 radical (unpaired) electrons. The van der Waals surface area contributed by atoms with Crippen molar-refractivity contribution in [2.45, 2.75) is 21.6 Å². The number of benzene rings is 2. The fourth-order valence-corrected chi connectivity index (χ4v) is 5.67. The van der Waals surface area contributed by atoms with Crippen molar-refractivity contribution in [3.8, 4) is 0 Å². The Labute approximate surface area is 322 Å². The summed E-state index contributed by atoms with van der Waals surface area (Å²) in [5.41, 5.74) is -1.19. The van der Waals surface area contributed by atoms with E-state index in [0.717, 1.165) is 24.3 Å². The number of aliphatic hydroxyl groups is 1. The van der Waals surface area contributed by atoms with E-state index in [1.54, 1.807) is 6.07 Å². The molecule has 0 saturated carbocycles. The monoisotopic (exact) mass is 681 g/mol. The maximum Gasteiger partial charge on any atom is 0.332 e. The van der Waals surface area contributed by atoms with E-state index in [0.29, 0.717) is 11.4 Å². The number of allylic oxidation sites excluding steroid dienone is 2. The van der Waals surface area contributed by atoms with Crippen molar-refractivity contribution in [2.24, 2.45) is 10.2 Å². The summed E-state index contributed by atoms with van der Waals surface area (Å²) in [7, 11) is -9.07. The number of carboxylic acids is 1. The molecular weight excluding hydrogens is 661 g/mol. The second-order valence-corrected chi connectivity index (χ2v) is 12.0. The number of hydrogen-bond acceptors (Lipinski definition) is 10. The number of nitrogens with zero attached hydrogens (tertiary/aromatic N) is 4. The minimum absolute atomic E-state index is 0. The van der Waals surface area contributed by atoms with Gasteiger partial charge in [-0.25, -0.2) is 4.79 Å². The van der Waals surface area contributed by atoms with E-state index in [2.05, 4.69) is 30.6 Å². The van der Waals surface area contributed by atoms with Crippen LogP contribution in [0.4, 0.5) is 11.6 Å². The van der Waals surface area contributed by atoms with E-state index in [1.165, 1.54) is 42.7 Å². The molecule has 2 heterocycles. The zero-order valence-electron chi connectivity index (χ0n) is 24.1. The Morgan fingerprint density at radius 1 is 0.822 bits per heavy atom. The van der Waals surface area contributed by atoms with Crippen LogP contribution in [-0.4, -0.2) is 151 Å². The second-order valence-electron chi connectivity index (χ2n) is 9.11. The molecule has 1 unspecified atom stereocenters. The Bertz CT molecular complexity index is 1990. The van der Waals surface area contributed by atoms with E-state index in [4.69, 9.17) is 0 Å². The summed E-state index contributed by atoms with van der Waals surface area (Å²) in [6.45, 7) is 0. The molecule has 1 aliphatic rings. The van der Waals surface area contributed by atoms with E-state index < -0.39 is 47.2 Å². The number of aromatic amines is 2. The summed E-state index contributed by atoms with van der Waals surface area (Å²) in [4.78, 5) is 11.8. The van der Waals surface area contributed by atoms with Gasteiger partial charge in [0, 0.05) is 106 Å². The Hall–Kier alpha value is -1.97. The van der Waals surface area contributed by atoms with Crippen LogP contribution >= 0.6 is 0 Å². The standard InChI is InChI=1S/C25H20N6O9S2.3Na/c32-20-12-25(15-3-7-17(8-4-15)42(38,39)40,19-13-27-30-23(19)31-29-21-9-10-26-28-21)11-18(24(33)34)22(20)14-1-5-16(6-2-14)41(35,36)37;;;/h1-10,12-13,32H,11H2,(H,26,28)(H,27,30)(H,33,34)(H,35,36,37)(H,38,39,40);;;. The summed E-state index contributed by atoms with van der Waals surface area (Å²) in [5.74, 6) is -1.54. The third kappa shape index (κ3) is 8.31. The predicted molar refractivity (Wildman–Crippen MR) is 162 cm³/mol. The smallest absolute Gasteiger partial charge is 0.332 e. The molecule has 1 aliphatic carbocycles. The number of carbonyl (C=O) groups is 1. The van der Waals surface area contributed by atoms with Crippen LogP contribution in [0.3, 0.4) is 0 Å². The summed E-state index contributed by atoms with van der Waals surface area (Å²) < 4.78 is 65.1. The van der Waals surface area contributed by atoms with Gasteiger partial charge in [-0.15, -0.1) is 10.2 Å². The SMILES string of the molecule is O=C(O)C1=C(c2ccc(S(=O)(=O)O)cc2)C(O)=CC(c2ccc(S(=O)(=O)O)cc2)(c2cn[nH]c2N=Nc2ccn[nH]2)C1.[Na].[Na].[Na]. The van der Waals surface area contributed by atoms with Crippen molar-refractivity contribution in [1.29, 1.82) is 0 Å². The van der Waals surface area contributed by atoms with Crippen LogP contribution in [0, 0.1) is 0 Å². The molecule has 2 aromatic heterocycles. The van der Waals surface area contributed by atoms with Crippen LogP contribution in [0.25, 0.3) is 5.57 Å². The first-order valence-electron chi connectivity index (χ1n) is 11.8. The molecular formula is C25H20N6Na3O9S2. The largest absolute Gasteiger partial charge is 0.508 e. The number of aliphatic carboxylic acids is 1. The average Bonchev–Trinajstić information content (AvgIpc) is 3.63. The zero-order valence-corrected chi connectivity index (χ0v) is 31.7. The Balaban J connectivity index is 0.00000235. The van der Waals surface area contributed by atoms with Crippen molar-refractivity contribution in [3.63, 3.8) is 0 Å². The van der Waals surface area contributed by atoms with E-state index in [1.807, 2.05) is 0 Å². The molecule has 4 aromatic rings. The molecule has 0 fully saturated rings. The number of aromatic nitrogens is 4. The van der Waals surface area contributed by atoms with Gasteiger partial charge >= 0.3 is 5.97 Å². The van der Waals surface area contributed by atoms with Gasteiger partial charge in [-0.2, -0.15) is 27.0 Å². The van der Waals surface area contributed by atoms with Crippen molar-refractivity contribution in [1.82, 2.24) is 20.4 Å². The van der Waals surface area contributed by atoms with Crippen LogP contribution < -0.4 is 0 Å². The summed E-state index contributed by atoms with van der Waals surface area (Å²) >= 11 is 0. The van der Waals surface area contributed by atoms with Gasteiger partial charge < -0.3 is 10.2 Å². The molecule has 0 amide bonds. The maximum absolute atomic E-state index is 12.6. The van der Waals surface area contributed by atoms with Crippen LogP contribution in [-0.2, 0) is 30.4 Å². The van der Waals surface area contributed by atoms with E-state index in [9.17, 15) is 40.9 Å². The van der Waals surface area contributed by atoms with E-state index >= 15 is 0 Å². The van der Waals surface area contributed by atoms with Gasteiger partial charge in [0.25, 0.3) is 20.2 Å². The van der Waals surface area contributed by atoms with Crippen molar-refractivity contribution in [3.05, 3.63) is 101 Å². The fourth-order valence-electron chi connectivity index (χ4n) is 4.70. The number of azo groups is 1. The molecule has 0 aliphatic heterocycles. The van der Waals surface area contributed by atoms with E-state index in [-0.39, 0.29) is 123 Å². The predicted octanol–water partition coefficient (Wildman–Crippen LogP) is 2.57. The molecule has 15 nitrogen and oxygen atoms in total. The van der Waals surface area contributed by atoms with Gasteiger partial charge in [-0.05, 0) is 47.9 Å². The van der Waals surface area contributed by atoms with Gasteiger partial charge in [0.2, 0.25) is 0 Å². The van der Waals surface area contributed by atoms with Gasteiger partial charge in [0.15, 0.2) is 11.6 Å². The molecule has 20 heteroatoms. The minimum atomic E-state index is -4.55. The van der Waals surface area contributed by atoms with Crippen molar-refractivity contribution in [2.75, 3.05) is 0 Å². The molecule has 45 heavy (non-hydrogen) atoms. The maximum atomic E-state index is 12.6. The Morgan fingerprint density at radius 3 is 1.91 bits per heavy atom. The molecule has 219 valence electrons. The number of nitrogens with one attached hydrogen (secondary N) is 2. The van der Waals surface area contributed by atoms with Crippen LogP contribution in [0.2, 0.25) is 0 Å². The van der Waals surface area contributed by atoms with Crippen LogP contribution in [0.1, 0.15) is 23.1 Å². The van der Waals surface area contributed by atoms with Crippen molar-refractivity contribution < 1.29 is 40.9 Å². The molecule has 0 spiro atoms. The number of hydrogen-bond donors (Lipinski definition) is 6. The molecule has 5 rings (SSSR count). The third-order valence-electron chi connectivity index (χ3n) is 6.61. The summed E-state index contributed by atoms with van der Waals surface area (Å²) in [5, 5.41) is 42.9. The quantitative estimate of drug-likeness (QED) is 0.0896. The normalized spacial score (nSPS) is 16.7. The number of H-pyrrole nitrogens is 2. The Morgan fingerprint density at radius 2 is 1.40 bits per heavy atom. The van der Waals surface area contributed by atoms with Gasteiger partial charge in [0.1, 0.15) is 5.76 Å². The minimum Gasteiger partial charge on any atom is -0.508 e. The number of carboxylic acid groups (broad SMARTS) is 1. The zero-order chi connectivity index (χ0) is 30.3. The molecule has 0 saturated heterocycles. The first-order chi connectivity index (χ1) is 19.8. The fraction of sp³-hybridized carbons (Fsp3) is 0.0800. The van der Waals surface area contributed by atoms with Gasteiger partial charge in [0.05, 0.1) is 33.2 Å². The van der Waals surface area contributed by atoms with Gasteiger partial charge in [-0.3, -0.25) is 19.3 Å². The second kappa shape index (κ2) is 15.3. The van der Waals surface area contributed by atoms with Crippen LogP contribution in [0.15, 0.2) is 104 Å². The number of aliphatic hydroxyl groups excluding tert-OH is 1. The summed E-state index contributed by atoms with van der Waals surface area (Å²) in [6, 6.07) is 11.1. The topological polar surface area (TPSA) is 248 Å². The molecule has 0 bridgehead atoms. The van der Waals surface area contributed by atoms with Gasteiger partial charge in [-0.1, -0.05) is 24.3 Å². The average molecular weight is 682 g/mol. The third-order valence-corrected chi connectivity index (χ3v) is 8.34. The first kappa shape index (κ1) is 39.2. The Kier molecular flexibility index (Phi) is 13.3. The number of rotatable bonds is 8. The first-order valence-corrected chi connectivity index (χ1v) is 14.7.